The fraction of sp³-hybridized carbons (Fsp3) is 0.375. The van der Waals surface area contributed by atoms with Crippen molar-refractivity contribution in [2.45, 2.75) is 13.8 Å². The van der Waals surface area contributed by atoms with Gasteiger partial charge in [0.25, 0.3) is 0 Å². The summed E-state index contributed by atoms with van der Waals surface area (Å²) in [5, 5.41) is 9.73. The number of nitrogens with zero attached hydrogens (tertiary/aromatic N) is 1. The molecule has 1 aliphatic rings. The average molecular weight is 308 g/mol. The molecule has 0 radical (unpaired) electrons. The topological polar surface area (TPSA) is 57.6 Å². The van der Waals surface area contributed by atoms with Crippen molar-refractivity contribution in [1.82, 2.24) is 4.90 Å². The number of carboxylic acids is 1. The summed E-state index contributed by atoms with van der Waals surface area (Å²) in [4.78, 5) is 24.7. The van der Waals surface area contributed by atoms with E-state index < -0.39 is 11.9 Å². The van der Waals surface area contributed by atoms with Crippen LogP contribution >= 0.6 is 11.6 Å². The number of carboxylic acid groups (broad SMARTS) is 1. The van der Waals surface area contributed by atoms with Crippen molar-refractivity contribution in [2.24, 2.45) is 11.8 Å². The number of halogens is 1. The van der Waals surface area contributed by atoms with Crippen LogP contribution in [-0.4, -0.2) is 35.0 Å². The summed E-state index contributed by atoms with van der Waals surface area (Å²) in [6.45, 7) is 4.53. The molecule has 4 nitrogen and oxygen atoms in total. The molecule has 112 valence electrons. The number of hydrogen-bond acceptors (Lipinski definition) is 2. The van der Waals surface area contributed by atoms with Gasteiger partial charge in [0, 0.05) is 24.2 Å². The van der Waals surface area contributed by atoms with Crippen molar-refractivity contribution >= 4 is 29.6 Å². The first-order valence-corrected chi connectivity index (χ1v) is 7.22. The second-order valence-corrected chi connectivity index (χ2v) is 5.91. The van der Waals surface area contributed by atoms with Crippen molar-refractivity contribution in [3.05, 3.63) is 40.4 Å². The van der Waals surface area contributed by atoms with E-state index in [2.05, 4.69) is 0 Å². The Morgan fingerprint density at radius 3 is 2.67 bits per heavy atom. The van der Waals surface area contributed by atoms with E-state index in [9.17, 15) is 9.59 Å². The van der Waals surface area contributed by atoms with Crippen LogP contribution in [0, 0.1) is 18.8 Å². The number of rotatable bonds is 3. The van der Waals surface area contributed by atoms with Gasteiger partial charge in [0.2, 0.25) is 5.91 Å². The summed E-state index contributed by atoms with van der Waals surface area (Å²) in [5.41, 5.74) is 1.83. The minimum atomic E-state index is -0.841. The van der Waals surface area contributed by atoms with Gasteiger partial charge in [-0.2, -0.15) is 0 Å². The first-order valence-electron chi connectivity index (χ1n) is 6.84. The summed E-state index contributed by atoms with van der Waals surface area (Å²) in [6.07, 6.45) is 3.17. The SMILES string of the molecule is Cc1ccc(/C=C/C(=O)N2C[C@@H](C)[C@H](C(=O)O)C2)cc1Cl. The zero-order chi connectivity index (χ0) is 15.6. The highest BCUT2D eigenvalue weighted by Gasteiger charge is 2.36. The molecule has 1 heterocycles. The minimum absolute atomic E-state index is 0.0198. The number of likely N-dealkylation sites (tertiary alicyclic amines) is 1. The summed E-state index contributed by atoms with van der Waals surface area (Å²) >= 11 is 6.03. The molecule has 1 aromatic carbocycles. The quantitative estimate of drug-likeness (QED) is 0.874. The van der Waals surface area contributed by atoms with E-state index in [0.29, 0.717) is 11.6 Å². The lowest BCUT2D eigenvalue weighted by Gasteiger charge is -2.12. The molecule has 2 rings (SSSR count). The predicted octanol–water partition coefficient (Wildman–Crippen LogP) is 2.84. The molecule has 0 saturated carbocycles. The fourth-order valence-corrected chi connectivity index (χ4v) is 2.64. The van der Waals surface area contributed by atoms with Crippen LogP contribution in [0.25, 0.3) is 6.08 Å². The maximum atomic E-state index is 12.1. The zero-order valence-corrected chi connectivity index (χ0v) is 12.8. The van der Waals surface area contributed by atoms with Crippen molar-refractivity contribution < 1.29 is 14.7 Å². The number of carbonyl (C=O) groups is 2. The van der Waals surface area contributed by atoms with Gasteiger partial charge in [-0.3, -0.25) is 9.59 Å². The Labute approximate surface area is 129 Å². The second-order valence-electron chi connectivity index (χ2n) is 5.51. The number of hydrogen-bond donors (Lipinski definition) is 1. The molecule has 5 heteroatoms. The third-order valence-electron chi connectivity index (χ3n) is 3.86. The van der Waals surface area contributed by atoms with Crippen LogP contribution in [0.2, 0.25) is 5.02 Å². The lowest BCUT2D eigenvalue weighted by molar-refractivity contribution is -0.142. The highest BCUT2D eigenvalue weighted by Crippen LogP contribution is 2.23. The van der Waals surface area contributed by atoms with E-state index in [4.69, 9.17) is 16.7 Å². The van der Waals surface area contributed by atoms with E-state index in [1.54, 1.807) is 17.0 Å². The van der Waals surface area contributed by atoms with Gasteiger partial charge in [0.05, 0.1) is 5.92 Å². The van der Waals surface area contributed by atoms with Crippen LogP contribution in [0.5, 0.6) is 0 Å². The maximum Gasteiger partial charge on any atom is 0.308 e. The van der Waals surface area contributed by atoms with Gasteiger partial charge >= 0.3 is 5.97 Å². The molecule has 2 atom stereocenters. The van der Waals surface area contributed by atoms with Gasteiger partial charge in [-0.15, -0.1) is 0 Å². The van der Waals surface area contributed by atoms with Gasteiger partial charge in [0.1, 0.15) is 0 Å². The molecule has 0 spiro atoms. The monoisotopic (exact) mass is 307 g/mol. The van der Waals surface area contributed by atoms with Crippen LogP contribution in [0.15, 0.2) is 24.3 Å². The summed E-state index contributed by atoms with van der Waals surface area (Å²) in [5.74, 6) is -1.50. The normalized spacial score (nSPS) is 22.0. The third-order valence-corrected chi connectivity index (χ3v) is 4.26. The molecular formula is C16H18ClNO3. The molecule has 1 N–H and O–H groups in total. The van der Waals surface area contributed by atoms with Crippen molar-refractivity contribution in [3.8, 4) is 0 Å². The van der Waals surface area contributed by atoms with Gasteiger partial charge in [0.15, 0.2) is 0 Å². The van der Waals surface area contributed by atoms with E-state index in [-0.39, 0.29) is 18.4 Å². The Hall–Kier alpha value is -1.81. The second kappa shape index (κ2) is 6.31. The van der Waals surface area contributed by atoms with E-state index >= 15 is 0 Å². The highest BCUT2D eigenvalue weighted by atomic mass is 35.5. The number of amides is 1. The zero-order valence-electron chi connectivity index (χ0n) is 12.0. The first kappa shape index (κ1) is 15.6. The predicted molar refractivity (Wildman–Crippen MR) is 82.1 cm³/mol. The Bertz CT molecular complexity index is 597. The maximum absolute atomic E-state index is 12.1. The lowest BCUT2D eigenvalue weighted by atomic mass is 9.99. The minimum Gasteiger partial charge on any atom is -0.481 e. The highest BCUT2D eigenvalue weighted by molar-refractivity contribution is 6.31. The Balaban J connectivity index is 2.03. The fourth-order valence-electron chi connectivity index (χ4n) is 2.45. The van der Waals surface area contributed by atoms with Crippen LogP contribution in [0.1, 0.15) is 18.1 Å². The lowest BCUT2D eigenvalue weighted by Crippen LogP contribution is -2.28. The summed E-state index contributed by atoms with van der Waals surface area (Å²) in [6, 6.07) is 5.58. The molecule has 1 aromatic rings. The van der Waals surface area contributed by atoms with Crippen molar-refractivity contribution in [1.29, 1.82) is 0 Å². The average Bonchev–Trinajstić information content (AvgIpc) is 2.82. The molecule has 0 aliphatic carbocycles. The first-order chi connectivity index (χ1) is 9.88. The van der Waals surface area contributed by atoms with Crippen LogP contribution in [-0.2, 0) is 9.59 Å². The molecule has 1 amide bonds. The van der Waals surface area contributed by atoms with E-state index in [1.165, 1.54) is 6.08 Å². The number of aliphatic carboxylic acids is 1. The molecule has 1 saturated heterocycles. The molecule has 21 heavy (non-hydrogen) atoms. The molecular weight excluding hydrogens is 290 g/mol. The molecule has 0 bridgehead atoms. The van der Waals surface area contributed by atoms with Crippen LogP contribution < -0.4 is 0 Å². The summed E-state index contributed by atoms with van der Waals surface area (Å²) < 4.78 is 0. The van der Waals surface area contributed by atoms with Crippen LogP contribution in [0.3, 0.4) is 0 Å². The molecule has 1 fully saturated rings. The van der Waals surface area contributed by atoms with Gasteiger partial charge < -0.3 is 10.0 Å². The Morgan fingerprint density at radius 2 is 2.10 bits per heavy atom. The molecule has 0 unspecified atom stereocenters. The van der Waals surface area contributed by atoms with Crippen molar-refractivity contribution in [3.63, 3.8) is 0 Å². The Morgan fingerprint density at radius 1 is 1.38 bits per heavy atom. The third kappa shape index (κ3) is 3.64. The van der Waals surface area contributed by atoms with Crippen LogP contribution in [0.4, 0.5) is 0 Å². The summed E-state index contributed by atoms with van der Waals surface area (Å²) in [7, 11) is 0. The largest absolute Gasteiger partial charge is 0.481 e. The number of benzene rings is 1. The van der Waals surface area contributed by atoms with Gasteiger partial charge in [-0.05, 0) is 36.1 Å². The van der Waals surface area contributed by atoms with Crippen molar-refractivity contribution in [2.75, 3.05) is 13.1 Å². The molecule has 1 aliphatic heterocycles. The number of carbonyl (C=O) groups excluding carboxylic acids is 1. The Kier molecular flexibility index (Phi) is 4.68. The standard InChI is InChI=1S/C16H18ClNO3/c1-10-3-4-12(7-14(10)17)5-6-15(19)18-8-11(2)13(9-18)16(20)21/h3-7,11,13H,8-9H2,1-2H3,(H,20,21)/b6-5+/t11-,13-/m1/s1. The van der Waals surface area contributed by atoms with Gasteiger partial charge in [-0.1, -0.05) is 30.7 Å². The van der Waals surface area contributed by atoms with E-state index in [1.807, 2.05) is 26.0 Å². The smallest absolute Gasteiger partial charge is 0.308 e. The molecule has 0 aromatic heterocycles. The van der Waals surface area contributed by atoms with E-state index in [0.717, 1.165) is 11.1 Å². The van der Waals surface area contributed by atoms with Gasteiger partial charge in [-0.25, -0.2) is 0 Å². The number of aryl methyl sites for hydroxylation is 1.